The van der Waals surface area contributed by atoms with E-state index in [1.807, 2.05) is 18.2 Å². The summed E-state index contributed by atoms with van der Waals surface area (Å²) >= 11 is 0. The standard InChI is InChI=1S/C14H16BNO3/c1-3-5-13(4-2)19-16-12-7-6-11-8-9-18-15(17)14(11)10-12/h3-7,10,16-17H,1-2,8-9H2/b13-5+. The van der Waals surface area contributed by atoms with Crippen molar-refractivity contribution in [3.8, 4) is 0 Å². The van der Waals surface area contributed by atoms with Gasteiger partial charge in [0.1, 0.15) is 0 Å². The highest BCUT2D eigenvalue weighted by Gasteiger charge is 2.24. The van der Waals surface area contributed by atoms with Crippen molar-refractivity contribution in [2.45, 2.75) is 6.42 Å². The molecule has 98 valence electrons. The first-order valence-corrected chi connectivity index (χ1v) is 6.05. The number of allylic oxidation sites excluding steroid dienone is 3. The quantitative estimate of drug-likeness (QED) is 0.363. The molecule has 1 heterocycles. The van der Waals surface area contributed by atoms with E-state index in [2.05, 4.69) is 18.6 Å². The van der Waals surface area contributed by atoms with Crippen molar-refractivity contribution >= 4 is 18.3 Å². The van der Waals surface area contributed by atoms with Gasteiger partial charge in [-0.1, -0.05) is 25.3 Å². The van der Waals surface area contributed by atoms with Gasteiger partial charge in [-0.05, 0) is 41.7 Å². The maximum atomic E-state index is 9.76. The topological polar surface area (TPSA) is 50.7 Å². The summed E-state index contributed by atoms with van der Waals surface area (Å²) in [6, 6.07) is 5.66. The van der Waals surface area contributed by atoms with Crippen LogP contribution in [-0.4, -0.2) is 18.7 Å². The average molecular weight is 257 g/mol. The molecule has 1 aromatic carbocycles. The number of anilines is 1. The number of nitrogens with one attached hydrogen (secondary N) is 1. The first-order chi connectivity index (χ1) is 9.24. The zero-order chi connectivity index (χ0) is 13.7. The molecule has 1 aliphatic heterocycles. The van der Waals surface area contributed by atoms with E-state index in [0.717, 1.165) is 23.1 Å². The normalized spacial score (nSPS) is 14.6. The Hall–Kier alpha value is -1.98. The van der Waals surface area contributed by atoms with E-state index in [9.17, 15) is 5.02 Å². The Morgan fingerprint density at radius 2 is 2.32 bits per heavy atom. The summed E-state index contributed by atoms with van der Waals surface area (Å²) in [6.45, 7) is 7.76. The molecule has 1 aliphatic rings. The van der Waals surface area contributed by atoms with Gasteiger partial charge in [0, 0.05) is 6.61 Å². The molecule has 1 aromatic rings. The summed E-state index contributed by atoms with van der Waals surface area (Å²) in [5.41, 5.74) is 5.40. The lowest BCUT2D eigenvalue weighted by Crippen LogP contribution is -2.41. The summed E-state index contributed by atoms with van der Waals surface area (Å²) < 4.78 is 5.19. The lowest BCUT2D eigenvalue weighted by Gasteiger charge is -2.20. The van der Waals surface area contributed by atoms with Crippen LogP contribution in [0.4, 0.5) is 5.69 Å². The lowest BCUT2D eigenvalue weighted by molar-refractivity contribution is 0.266. The number of rotatable bonds is 5. The summed E-state index contributed by atoms with van der Waals surface area (Å²) in [6.07, 6.45) is 5.69. The van der Waals surface area contributed by atoms with E-state index >= 15 is 0 Å². The van der Waals surface area contributed by atoms with Crippen LogP contribution < -0.4 is 10.9 Å². The summed E-state index contributed by atoms with van der Waals surface area (Å²) in [5, 5.41) is 9.76. The van der Waals surface area contributed by atoms with Gasteiger partial charge in [0.05, 0.1) is 5.69 Å². The van der Waals surface area contributed by atoms with Gasteiger partial charge in [0.2, 0.25) is 0 Å². The minimum atomic E-state index is -0.868. The zero-order valence-electron chi connectivity index (χ0n) is 10.6. The average Bonchev–Trinajstić information content (AvgIpc) is 2.44. The molecule has 0 fully saturated rings. The molecule has 0 radical (unpaired) electrons. The van der Waals surface area contributed by atoms with E-state index < -0.39 is 7.12 Å². The van der Waals surface area contributed by atoms with Gasteiger partial charge in [-0.2, -0.15) is 0 Å². The maximum Gasteiger partial charge on any atom is 0.491 e. The molecule has 0 saturated carbocycles. The van der Waals surface area contributed by atoms with Crippen LogP contribution in [0.25, 0.3) is 0 Å². The van der Waals surface area contributed by atoms with Crippen LogP contribution in [0.3, 0.4) is 0 Å². The van der Waals surface area contributed by atoms with Crippen molar-refractivity contribution in [3.05, 3.63) is 60.9 Å². The second-order valence-corrected chi connectivity index (χ2v) is 4.10. The predicted octanol–water partition coefficient (Wildman–Crippen LogP) is 1.55. The molecular weight excluding hydrogens is 241 g/mol. The Morgan fingerprint density at radius 3 is 3.05 bits per heavy atom. The first-order valence-electron chi connectivity index (χ1n) is 6.05. The van der Waals surface area contributed by atoms with E-state index in [1.54, 1.807) is 18.2 Å². The zero-order valence-corrected chi connectivity index (χ0v) is 10.6. The second-order valence-electron chi connectivity index (χ2n) is 4.10. The molecule has 2 rings (SSSR count). The van der Waals surface area contributed by atoms with Gasteiger partial charge in [0.25, 0.3) is 0 Å². The number of benzene rings is 1. The summed E-state index contributed by atoms with van der Waals surface area (Å²) in [5.74, 6) is 0.560. The van der Waals surface area contributed by atoms with Crippen LogP contribution in [0.5, 0.6) is 0 Å². The first kappa shape index (κ1) is 13.5. The maximum absolute atomic E-state index is 9.76. The third-order valence-corrected chi connectivity index (χ3v) is 2.83. The summed E-state index contributed by atoms with van der Waals surface area (Å²) in [7, 11) is -0.868. The molecule has 0 atom stereocenters. The highest BCUT2D eigenvalue weighted by molar-refractivity contribution is 6.61. The lowest BCUT2D eigenvalue weighted by atomic mass is 9.73. The van der Waals surface area contributed by atoms with Gasteiger partial charge in [-0.25, -0.2) is 5.48 Å². The van der Waals surface area contributed by atoms with Gasteiger partial charge in [-0.3, -0.25) is 0 Å². The van der Waals surface area contributed by atoms with Crippen LogP contribution in [-0.2, 0) is 15.9 Å². The molecule has 5 heteroatoms. The molecule has 0 spiro atoms. The van der Waals surface area contributed by atoms with E-state index in [4.69, 9.17) is 9.49 Å². The number of fused-ring (bicyclic) bond motifs is 1. The van der Waals surface area contributed by atoms with Crippen LogP contribution in [0.15, 0.2) is 55.3 Å². The molecular formula is C14H16BNO3. The Morgan fingerprint density at radius 1 is 1.47 bits per heavy atom. The minimum Gasteiger partial charge on any atom is -0.423 e. The molecule has 0 unspecified atom stereocenters. The smallest absolute Gasteiger partial charge is 0.423 e. The monoisotopic (exact) mass is 257 g/mol. The van der Waals surface area contributed by atoms with Crippen molar-refractivity contribution < 1.29 is 14.5 Å². The largest absolute Gasteiger partial charge is 0.491 e. The molecule has 0 saturated heterocycles. The predicted molar refractivity (Wildman–Crippen MR) is 76.9 cm³/mol. The Labute approximate surface area is 113 Å². The van der Waals surface area contributed by atoms with Crippen molar-refractivity contribution in [2.75, 3.05) is 12.1 Å². The molecule has 4 nitrogen and oxygen atoms in total. The molecule has 0 aromatic heterocycles. The number of hydrogen-bond acceptors (Lipinski definition) is 4. The third kappa shape index (κ3) is 3.27. The van der Waals surface area contributed by atoms with Gasteiger partial charge in [0.15, 0.2) is 5.76 Å². The number of hydrogen-bond donors (Lipinski definition) is 2. The van der Waals surface area contributed by atoms with Crippen LogP contribution >= 0.6 is 0 Å². The van der Waals surface area contributed by atoms with Gasteiger partial charge < -0.3 is 14.5 Å². The molecule has 0 bridgehead atoms. The van der Waals surface area contributed by atoms with Crippen LogP contribution in [0.1, 0.15) is 5.56 Å². The van der Waals surface area contributed by atoms with Crippen molar-refractivity contribution in [2.24, 2.45) is 0 Å². The second kappa shape index (κ2) is 6.27. The molecule has 2 N–H and O–H groups in total. The third-order valence-electron chi connectivity index (χ3n) is 2.83. The van der Waals surface area contributed by atoms with Crippen LogP contribution in [0.2, 0.25) is 0 Å². The van der Waals surface area contributed by atoms with Crippen molar-refractivity contribution in [3.63, 3.8) is 0 Å². The Kier molecular flexibility index (Phi) is 4.44. The highest BCUT2D eigenvalue weighted by atomic mass is 16.6. The van der Waals surface area contributed by atoms with Gasteiger partial charge in [-0.15, -0.1) is 0 Å². The fourth-order valence-electron chi connectivity index (χ4n) is 1.86. The van der Waals surface area contributed by atoms with Crippen molar-refractivity contribution in [1.29, 1.82) is 0 Å². The molecule has 0 amide bonds. The molecule has 19 heavy (non-hydrogen) atoms. The summed E-state index contributed by atoms with van der Waals surface area (Å²) in [4.78, 5) is 5.34. The Balaban J connectivity index is 2.10. The van der Waals surface area contributed by atoms with Crippen molar-refractivity contribution in [1.82, 2.24) is 0 Å². The van der Waals surface area contributed by atoms with Gasteiger partial charge >= 0.3 is 7.12 Å². The Bertz CT molecular complexity index is 513. The minimum absolute atomic E-state index is 0.542. The highest BCUT2D eigenvalue weighted by Crippen LogP contribution is 2.13. The SMILES string of the molecule is C=C/C=C(\C=C)ONc1ccc2c(c1)B(O)OCC2. The molecule has 0 aliphatic carbocycles. The van der Waals surface area contributed by atoms with E-state index in [0.29, 0.717) is 12.4 Å². The fraction of sp³-hybridized carbons (Fsp3) is 0.143. The van der Waals surface area contributed by atoms with E-state index in [1.165, 1.54) is 0 Å². The van der Waals surface area contributed by atoms with Crippen LogP contribution in [0, 0.1) is 0 Å². The fourth-order valence-corrected chi connectivity index (χ4v) is 1.86. The van der Waals surface area contributed by atoms with E-state index in [-0.39, 0.29) is 0 Å².